The minimum absolute atomic E-state index is 0.0278. The van der Waals surface area contributed by atoms with Gasteiger partial charge in [0.2, 0.25) is 0 Å². The Morgan fingerprint density at radius 1 is 1.18 bits per heavy atom. The van der Waals surface area contributed by atoms with Crippen LogP contribution in [0.25, 0.3) is 0 Å². The molecule has 1 aliphatic carbocycles. The van der Waals surface area contributed by atoms with E-state index in [4.69, 9.17) is 0 Å². The highest BCUT2D eigenvalue weighted by molar-refractivity contribution is 4.84. The maximum Gasteiger partial charge on any atom is 0.103 e. The van der Waals surface area contributed by atoms with Crippen LogP contribution in [0.1, 0.15) is 53.4 Å². The number of alkyl halides is 1. The second-order valence-electron chi connectivity index (χ2n) is 3.48. The molecular formula is C10H21F. The summed E-state index contributed by atoms with van der Waals surface area (Å²) in [5.74, 6) is 0. The maximum absolute atomic E-state index is 12.8. The van der Waals surface area contributed by atoms with Crippen molar-refractivity contribution in [3.8, 4) is 0 Å². The van der Waals surface area contributed by atoms with Crippen molar-refractivity contribution in [1.29, 1.82) is 0 Å². The molecule has 1 rings (SSSR count). The quantitative estimate of drug-likeness (QED) is 0.545. The largest absolute Gasteiger partial charge is 0.247 e. The predicted octanol–water partition coefficient (Wildman–Crippen LogP) is 3.95. The van der Waals surface area contributed by atoms with Gasteiger partial charge in [-0.25, -0.2) is 4.39 Å². The standard InChI is InChI=1S/C8H15F.C2H6/c1-7(9)8(2)5-3-4-6-8;1-2/h7H,3-6H2,1-2H3;1-2H3. The zero-order valence-corrected chi connectivity index (χ0v) is 8.28. The van der Waals surface area contributed by atoms with E-state index in [2.05, 4.69) is 6.92 Å². The minimum Gasteiger partial charge on any atom is -0.247 e. The van der Waals surface area contributed by atoms with Crippen LogP contribution in [0.2, 0.25) is 0 Å². The molecule has 1 unspecified atom stereocenters. The molecule has 1 saturated carbocycles. The summed E-state index contributed by atoms with van der Waals surface area (Å²) in [7, 11) is 0. The molecule has 0 saturated heterocycles. The van der Waals surface area contributed by atoms with Crippen LogP contribution in [0, 0.1) is 5.41 Å². The summed E-state index contributed by atoms with van der Waals surface area (Å²) in [6.07, 6.45) is 4.02. The van der Waals surface area contributed by atoms with E-state index in [1.54, 1.807) is 6.92 Å². The van der Waals surface area contributed by atoms with Crippen LogP contribution in [0.3, 0.4) is 0 Å². The van der Waals surface area contributed by atoms with E-state index in [-0.39, 0.29) is 5.41 Å². The molecular weight excluding hydrogens is 139 g/mol. The Bertz CT molecular complexity index is 91.0. The smallest absolute Gasteiger partial charge is 0.103 e. The van der Waals surface area contributed by atoms with E-state index in [0.717, 1.165) is 12.8 Å². The molecule has 0 aromatic heterocycles. The molecule has 0 N–H and O–H groups in total. The van der Waals surface area contributed by atoms with Gasteiger partial charge in [0.25, 0.3) is 0 Å². The van der Waals surface area contributed by atoms with E-state index in [9.17, 15) is 4.39 Å². The van der Waals surface area contributed by atoms with Gasteiger partial charge in [-0.3, -0.25) is 0 Å². The molecule has 0 amide bonds. The van der Waals surface area contributed by atoms with Crippen molar-refractivity contribution in [2.24, 2.45) is 5.41 Å². The molecule has 0 radical (unpaired) electrons. The van der Waals surface area contributed by atoms with Gasteiger partial charge in [0.15, 0.2) is 0 Å². The lowest BCUT2D eigenvalue weighted by Crippen LogP contribution is -2.22. The molecule has 68 valence electrons. The third-order valence-corrected chi connectivity index (χ3v) is 2.71. The summed E-state index contributed by atoms with van der Waals surface area (Å²) in [5.41, 5.74) is 0.0278. The van der Waals surface area contributed by atoms with Crippen molar-refractivity contribution < 1.29 is 4.39 Å². The summed E-state index contributed by atoms with van der Waals surface area (Å²) in [5, 5.41) is 0. The highest BCUT2D eigenvalue weighted by atomic mass is 19.1. The van der Waals surface area contributed by atoms with Gasteiger partial charge in [0.1, 0.15) is 6.17 Å². The summed E-state index contributed by atoms with van der Waals surface area (Å²) >= 11 is 0. The van der Waals surface area contributed by atoms with Crippen LogP contribution < -0.4 is 0 Å². The van der Waals surface area contributed by atoms with E-state index >= 15 is 0 Å². The third-order valence-electron chi connectivity index (χ3n) is 2.71. The van der Waals surface area contributed by atoms with Crippen LogP contribution >= 0.6 is 0 Å². The van der Waals surface area contributed by atoms with Gasteiger partial charge in [-0.1, -0.05) is 33.6 Å². The first-order valence-corrected chi connectivity index (χ1v) is 4.79. The van der Waals surface area contributed by atoms with E-state index in [1.807, 2.05) is 13.8 Å². The number of hydrogen-bond acceptors (Lipinski definition) is 0. The molecule has 0 spiro atoms. The lowest BCUT2D eigenvalue weighted by Gasteiger charge is -2.24. The van der Waals surface area contributed by atoms with Crippen molar-refractivity contribution in [1.82, 2.24) is 0 Å². The topological polar surface area (TPSA) is 0 Å². The summed E-state index contributed by atoms with van der Waals surface area (Å²) in [6, 6.07) is 0. The Morgan fingerprint density at radius 2 is 1.55 bits per heavy atom. The van der Waals surface area contributed by atoms with Crippen molar-refractivity contribution >= 4 is 0 Å². The molecule has 1 heteroatoms. The van der Waals surface area contributed by atoms with Gasteiger partial charge >= 0.3 is 0 Å². The molecule has 0 aromatic carbocycles. The van der Waals surface area contributed by atoms with Crippen LogP contribution in [0.5, 0.6) is 0 Å². The zero-order chi connectivity index (χ0) is 8.91. The fraction of sp³-hybridized carbons (Fsp3) is 1.00. The molecule has 0 bridgehead atoms. The first-order valence-electron chi connectivity index (χ1n) is 4.79. The van der Waals surface area contributed by atoms with E-state index < -0.39 is 6.17 Å². The van der Waals surface area contributed by atoms with Gasteiger partial charge in [0.05, 0.1) is 0 Å². The minimum atomic E-state index is -0.611. The Kier molecular flexibility index (Phi) is 4.71. The third kappa shape index (κ3) is 2.80. The summed E-state index contributed by atoms with van der Waals surface area (Å²) in [6.45, 7) is 7.75. The SMILES string of the molecule is CC.CC(F)C1(C)CCCC1. The Labute approximate surface area is 70.2 Å². The van der Waals surface area contributed by atoms with Crippen molar-refractivity contribution in [3.63, 3.8) is 0 Å². The fourth-order valence-corrected chi connectivity index (χ4v) is 1.58. The molecule has 0 aromatic rings. The monoisotopic (exact) mass is 160 g/mol. The molecule has 0 aliphatic heterocycles. The Hall–Kier alpha value is -0.0700. The number of halogens is 1. The average Bonchev–Trinajstić information content (AvgIpc) is 2.42. The number of rotatable bonds is 1. The van der Waals surface area contributed by atoms with E-state index in [0.29, 0.717) is 0 Å². The summed E-state index contributed by atoms with van der Waals surface area (Å²) in [4.78, 5) is 0. The van der Waals surface area contributed by atoms with Crippen molar-refractivity contribution in [3.05, 3.63) is 0 Å². The van der Waals surface area contributed by atoms with Crippen LogP contribution in [-0.4, -0.2) is 6.17 Å². The van der Waals surface area contributed by atoms with Gasteiger partial charge < -0.3 is 0 Å². The fourth-order valence-electron chi connectivity index (χ4n) is 1.58. The van der Waals surface area contributed by atoms with Crippen LogP contribution in [0.15, 0.2) is 0 Å². The Morgan fingerprint density at radius 3 is 1.73 bits per heavy atom. The first-order chi connectivity index (χ1) is 5.15. The number of hydrogen-bond donors (Lipinski definition) is 0. The molecule has 11 heavy (non-hydrogen) atoms. The van der Waals surface area contributed by atoms with Crippen molar-refractivity contribution in [2.45, 2.75) is 59.5 Å². The maximum atomic E-state index is 12.8. The van der Waals surface area contributed by atoms with Crippen LogP contribution in [-0.2, 0) is 0 Å². The highest BCUT2D eigenvalue weighted by Gasteiger charge is 2.34. The zero-order valence-electron chi connectivity index (χ0n) is 8.28. The van der Waals surface area contributed by atoms with Gasteiger partial charge in [-0.05, 0) is 25.2 Å². The first kappa shape index (κ1) is 10.9. The molecule has 1 atom stereocenters. The van der Waals surface area contributed by atoms with Crippen LogP contribution in [0.4, 0.5) is 4.39 Å². The van der Waals surface area contributed by atoms with E-state index in [1.165, 1.54) is 12.8 Å². The van der Waals surface area contributed by atoms with Gasteiger partial charge in [-0.15, -0.1) is 0 Å². The second-order valence-corrected chi connectivity index (χ2v) is 3.48. The normalized spacial score (nSPS) is 23.7. The highest BCUT2D eigenvalue weighted by Crippen LogP contribution is 2.41. The lowest BCUT2D eigenvalue weighted by molar-refractivity contribution is 0.147. The molecule has 0 heterocycles. The van der Waals surface area contributed by atoms with Gasteiger partial charge in [0, 0.05) is 0 Å². The van der Waals surface area contributed by atoms with Crippen molar-refractivity contribution in [2.75, 3.05) is 0 Å². The molecule has 1 aliphatic rings. The molecule has 0 nitrogen and oxygen atoms in total. The predicted molar refractivity (Wildman–Crippen MR) is 48.5 cm³/mol. The molecule has 1 fully saturated rings. The average molecular weight is 160 g/mol. The van der Waals surface area contributed by atoms with Gasteiger partial charge in [-0.2, -0.15) is 0 Å². The summed E-state index contributed by atoms with van der Waals surface area (Å²) < 4.78 is 12.8. The second kappa shape index (κ2) is 4.74. The Balaban J connectivity index is 0.000000461. The lowest BCUT2D eigenvalue weighted by atomic mass is 9.84.